The number of rotatable bonds is 6. The molecule has 0 atom stereocenters. The van der Waals surface area contributed by atoms with Crippen LogP contribution in [0.25, 0.3) is 10.9 Å². The van der Waals surface area contributed by atoms with Crippen molar-refractivity contribution in [3.05, 3.63) is 71.9 Å². The molecule has 0 aliphatic rings. The van der Waals surface area contributed by atoms with Crippen LogP contribution in [0.1, 0.15) is 11.1 Å². The van der Waals surface area contributed by atoms with Gasteiger partial charge in [-0.1, -0.05) is 17.3 Å². The van der Waals surface area contributed by atoms with Crippen molar-refractivity contribution >= 4 is 34.4 Å². The molecule has 4 aromatic rings. The van der Waals surface area contributed by atoms with Gasteiger partial charge in [-0.3, -0.25) is 4.68 Å². The van der Waals surface area contributed by atoms with Crippen molar-refractivity contribution in [1.29, 1.82) is 0 Å². The second-order valence-electron chi connectivity index (χ2n) is 6.27. The number of hydrogen-bond donors (Lipinski definition) is 2. The maximum Gasteiger partial charge on any atom is 0.144 e. The molecule has 0 saturated heterocycles. The Morgan fingerprint density at radius 3 is 2.97 bits per heavy atom. The van der Waals surface area contributed by atoms with Gasteiger partial charge >= 0.3 is 0 Å². The molecule has 0 amide bonds. The highest BCUT2D eigenvalue weighted by atomic mass is 19.1. The number of benzene rings is 2. The van der Waals surface area contributed by atoms with Gasteiger partial charge in [-0.2, -0.15) is 5.10 Å². The van der Waals surface area contributed by atoms with E-state index in [4.69, 9.17) is 10.6 Å². The lowest BCUT2D eigenvalue weighted by atomic mass is 10.2. The molecule has 0 unspecified atom stereocenters. The van der Waals surface area contributed by atoms with E-state index in [9.17, 15) is 4.39 Å². The first-order valence-electron chi connectivity index (χ1n) is 8.78. The van der Waals surface area contributed by atoms with Crippen molar-refractivity contribution in [3.8, 4) is 0 Å². The largest absolute Gasteiger partial charge is 0.399 e. The SMILES string of the molecule is CO/N=C/c1c(N)ncnc1Nc1ccc2c(cnn2Cc2cccc(F)c2)c1. The van der Waals surface area contributed by atoms with Crippen LogP contribution in [0.15, 0.2) is 60.1 Å². The van der Waals surface area contributed by atoms with Crippen LogP contribution in [-0.4, -0.2) is 33.1 Å². The standard InChI is InChI=1S/C20H18FN7O/c1-29-26-10-17-19(22)23-12-24-20(17)27-16-5-6-18-14(8-16)9-25-28(18)11-13-3-2-4-15(21)7-13/h2-10,12H,11H2,1H3,(H3,22,23,24,27)/b26-10+. The lowest BCUT2D eigenvalue weighted by Crippen LogP contribution is -2.05. The van der Waals surface area contributed by atoms with Crippen molar-refractivity contribution in [3.63, 3.8) is 0 Å². The average Bonchev–Trinajstić information content (AvgIpc) is 3.10. The number of hydrogen-bond acceptors (Lipinski definition) is 7. The minimum absolute atomic E-state index is 0.262. The molecule has 0 saturated carbocycles. The van der Waals surface area contributed by atoms with E-state index in [2.05, 4.69) is 25.5 Å². The smallest absolute Gasteiger partial charge is 0.144 e. The van der Waals surface area contributed by atoms with Gasteiger partial charge in [-0.25, -0.2) is 14.4 Å². The number of anilines is 3. The summed E-state index contributed by atoms with van der Waals surface area (Å²) in [6, 6.07) is 12.3. The third-order valence-corrected chi connectivity index (χ3v) is 4.33. The zero-order valence-corrected chi connectivity index (χ0v) is 15.6. The van der Waals surface area contributed by atoms with Crippen LogP contribution in [0.5, 0.6) is 0 Å². The van der Waals surface area contributed by atoms with Gasteiger partial charge in [0.2, 0.25) is 0 Å². The third kappa shape index (κ3) is 3.98. The molecule has 0 fully saturated rings. The lowest BCUT2D eigenvalue weighted by Gasteiger charge is -2.10. The number of nitrogens with zero attached hydrogens (tertiary/aromatic N) is 5. The number of nitrogens with one attached hydrogen (secondary N) is 1. The summed E-state index contributed by atoms with van der Waals surface area (Å²) in [6.07, 6.45) is 4.59. The summed E-state index contributed by atoms with van der Waals surface area (Å²) in [5.74, 6) is 0.527. The van der Waals surface area contributed by atoms with E-state index in [-0.39, 0.29) is 11.6 Å². The molecule has 2 aromatic carbocycles. The zero-order chi connectivity index (χ0) is 20.2. The number of oxime groups is 1. The van der Waals surface area contributed by atoms with Crippen molar-refractivity contribution in [2.75, 3.05) is 18.2 Å². The van der Waals surface area contributed by atoms with E-state index < -0.39 is 0 Å². The van der Waals surface area contributed by atoms with Gasteiger partial charge in [0, 0.05) is 11.1 Å². The molecule has 0 bridgehead atoms. The Labute approximate surface area is 165 Å². The molecule has 0 aliphatic heterocycles. The van der Waals surface area contributed by atoms with Crippen molar-refractivity contribution in [2.45, 2.75) is 6.54 Å². The number of aromatic nitrogens is 4. The fourth-order valence-electron chi connectivity index (χ4n) is 2.98. The number of nitrogen functional groups attached to an aromatic ring is 1. The average molecular weight is 391 g/mol. The minimum atomic E-state index is -0.262. The Balaban J connectivity index is 1.61. The molecule has 146 valence electrons. The minimum Gasteiger partial charge on any atom is -0.399 e. The molecule has 3 N–H and O–H groups in total. The molecule has 2 heterocycles. The fraction of sp³-hybridized carbons (Fsp3) is 0.100. The van der Waals surface area contributed by atoms with Crippen LogP contribution in [0.2, 0.25) is 0 Å². The molecular weight excluding hydrogens is 373 g/mol. The summed E-state index contributed by atoms with van der Waals surface area (Å²) in [4.78, 5) is 12.9. The first-order valence-corrected chi connectivity index (χ1v) is 8.78. The van der Waals surface area contributed by atoms with Crippen LogP contribution in [0.4, 0.5) is 21.7 Å². The molecule has 2 aromatic heterocycles. The zero-order valence-electron chi connectivity index (χ0n) is 15.6. The van der Waals surface area contributed by atoms with Gasteiger partial charge in [-0.15, -0.1) is 0 Å². The number of halogens is 1. The first-order chi connectivity index (χ1) is 14.1. The molecular formula is C20H18FN7O. The summed E-state index contributed by atoms with van der Waals surface area (Å²) in [7, 11) is 1.44. The van der Waals surface area contributed by atoms with Gasteiger partial charge in [0.05, 0.1) is 30.0 Å². The van der Waals surface area contributed by atoms with Crippen LogP contribution in [0, 0.1) is 5.82 Å². The second-order valence-corrected chi connectivity index (χ2v) is 6.27. The molecule has 0 radical (unpaired) electrons. The van der Waals surface area contributed by atoms with Gasteiger partial charge in [0.25, 0.3) is 0 Å². The highest BCUT2D eigenvalue weighted by molar-refractivity contribution is 5.93. The molecule has 4 rings (SSSR count). The summed E-state index contributed by atoms with van der Waals surface area (Å²) < 4.78 is 15.3. The quantitative estimate of drug-likeness (QED) is 0.386. The molecule has 0 spiro atoms. The van der Waals surface area contributed by atoms with E-state index in [0.29, 0.717) is 17.9 Å². The Bertz CT molecular complexity index is 1190. The number of fused-ring (bicyclic) bond motifs is 1. The topological polar surface area (TPSA) is 103 Å². The first kappa shape index (κ1) is 18.4. The molecule has 29 heavy (non-hydrogen) atoms. The van der Waals surface area contributed by atoms with Crippen LogP contribution in [0.3, 0.4) is 0 Å². The maximum atomic E-state index is 13.4. The van der Waals surface area contributed by atoms with Gasteiger partial charge in [0.15, 0.2) is 0 Å². The predicted octanol–water partition coefficient (Wildman–Crippen LogP) is 3.32. The summed E-state index contributed by atoms with van der Waals surface area (Å²) in [5, 5.41) is 12.3. The predicted molar refractivity (Wildman–Crippen MR) is 110 cm³/mol. The highest BCUT2D eigenvalue weighted by Crippen LogP contribution is 2.24. The van der Waals surface area contributed by atoms with E-state index in [1.54, 1.807) is 12.3 Å². The van der Waals surface area contributed by atoms with E-state index in [0.717, 1.165) is 22.2 Å². The van der Waals surface area contributed by atoms with Crippen LogP contribution < -0.4 is 11.1 Å². The van der Waals surface area contributed by atoms with Gasteiger partial charge in [-0.05, 0) is 35.9 Å². The van der Waals surface area contributed by atoms with E-state index in [1.165, 1.54) is 31.8 Å². The second kappa shape index (κ2) is 7.93. The summed E-state index contributed by atoms with van der Waals surface area (Å²) in [5.41, 5.74) is 9.02. The normalized spacial score (nSPS) is 11.2. The summed E-state index contributed by atoms with van der Waals surface area (Å²) >= 11 is 0. The van der Waals surface area contributed by atoms with Gasteiger partial charge < -0.3 is 15.9 Å². The molecule has 8 nitrogen and oxygen atoms in total. The van der Waals surface area contributed by atoms with E-state index in [1.807, 2.05) is 28.9 Å². The Hall–Kier alpha value is -4.01. The van der Waals surface area contributed by atoms with Crippen LogP contribution >= 0.6 is 0 Å². The summed E-state index contributed by atoms with van der Waals surface area (Å²) in [6.45, 7) is 0.480. The Morgan fingerprint density at radius 1 is 1.24 bits per heavy atom. The van der Waals surface area contributed by atoms with Crippen LogP contribution in [-0.2, 0) is 11.4 Å². The van der Waals surface area contributed by atoms with Crippen molar-refractivity contribution in [2.24, 2.45) is 5.16 Å². The third-order valence-electron chi connectivity index (χ3n) is 4.33. The van der Waals surface area contributed by atoms with Crippen molar-refractivity contribution < 1.29 is 9.23 Å². The Kier molecular flexibility index (Phi) is 5.02. The van der Waals surface area contributed by atoms with Gasteiger partial charge in [0.1, 0.15) is 30.9 Å². The monoisotopic (exact) mass is 391 g/mol. The van der Waals surface area contributed by atoms with Crippen molar-refractivity contribution in [1.82, 2.24) is 19.7 Å². The molecule has 0 aliphatic carbocycles. The fourth-order valence-corrected chi connectivity index (χ4v) is 2.98. The lowest BCUT2D eigenvalue weighted by molar-refractivity contribution is 0.215. The Morgan fingerprint density at radius 2 is 2.14 bits per heavy atom. The highest BCUT2D eigenvalue weighted by Gasteiger charge is 2.10. The number of nitrogens with two attached hydrogens (primary N) is 1. The molecule has 9 heteroatoms. The van der Waals surface area contributed by atoms with E-state index >= 15 is 0 Å². The maximum absolute atomic E-state index is 13.4.